The summed E-state index contributed by atoms with van der Waals surface area (Å²) in [6.07, 6.45) is 8.92. The van der Waals surface area contributed by atoms with Crippen molar-refractivity contribution >= 4 is 51.4 Å². The van der Waals surface area contributed by atoms with Gasteiger partial charge in [0.15, 0.2) is 11.5 Å². The van der Waals surface area contributed by atoms with Crippen molar-refractivity contribution in [3.63, 3.8) is 0 Å². The lowest BCUT2D eigenvalue weighted by Crippen LogP contribution is -2.47. The number of benzene rings is 2. The molecule has 374 valence electrons. The zero-order valence-electron chi connectivity index (χ0n) is 39.5. The summed E-state index contributed by atoms with van der Waals surface area (Å²) < 4.78 is 56.5. The van der Waals surface area contributed by atoms with E-state index in [1.807, 2.05) is 12.1 Å². The number of carbonyl (C=O) groups is 1. The predicted octanol–water partition coefficient (Wildman–Crippen LogP) is 6.01. The van der Waals surface area contributed by atoms with E-state index in [0.717, 1.165) is 58.5 Å². The zero-order valence-corrected chi connectivity index (χ0v) is 41.0. The molecule has 2 aromatic carbocycles. The number of aromatic nitrogens is 1. The van der Waals surface area contributed by atoms with Gasteiger partial charge in [-0.15, -0.1) is 0 Å². The van der Waals surface area contributed by atoms with Crippen molar-refractivity contribution in [3.05, 3.63) is 58.2 Å². The third kappa shape index (κ3) is 17.1. The molecule has 1 amide bonds. The van der Waals surface area contributed by atoms with Gasteiger partial charge in [-0.1, -0.05) is 35.4 Å². The number of nitrogens with zero attached hydrogens (tertiary/aromatic N) is 4. The van der Waals surface area contributed by atoms with E-state index in [2.05, 4.69) is 43.6 Å². The summed E-state index contributed by atoms with van der Waals surface area (Å²) in [4.78, 5) is 21.7. The van der Waals surface area contributed by atoms with E-state index in [9.17, 15) is 10.1 Å². The molecule has 17 nitrogen and oxygen atoms in total. The summed E-state index contributed by atoms with van der Waals surface area (Å²) >= 11 is 12.7. The smallest absolute Gasteiger partial charge is 0.223 e. The molecule has 2 bridgehead atoms. The number of amides is 1. The van der Waals surface area contributed by atoms with Crippen molar-refractivity contribution < 1.29 is 52.2 Å². The number of pyridine rings is 1. The number of anilines is 2. The highest BCUT2D eigenvalue weighted by atomic mass is 35.5. The molecule has 2 aliphatic carbocycles. The van der Waals surface area contributed by atoms with Crippen LogP contribution in [0.1, 0.15) is 24.8 Å². The fourth-order valence-corrected chi connectivity index (χ4v) is 8.90. The van der Waals surface area contributed by atoms with Gasteiger partial charge in [-0.2, -0.15) is 5.26 Å². The number of hydrogen-bond donors (Lipinski definition) is 2. The molecule has 3 atom stereocenters. The number of nitriles is 1. The van der Waals surface area contributed by atoms with Crippen molar-refractivity contribution in [2.45, 2.75) is 19.3 Å². The number of methoxy groups -OCH3 is 2. The Balaban J connectivity index is 0.697. The minimum absolute atomic E-state index is 0.136. The monoisotopic (exact) mass is 986 g/mol. The lowest BCUT2D eigenvalue weighted by Gasteiger charge is -2.34. The van der Waals surface area contributed by atoms with Crippen LogP contribution in [-0.2, 0) is 38.0 Å². The Hall–Kier alpha value is -4.03. The molecule has 3 aromatic rings. The highest BCUT2D eigenvalue weighted by Crippen LogP contribution is 2.43. The van der Waals surface area contributed by atoms with Crippen molar-refractivity contribution in [1.82, 2.24) is 20.1 Å². The lowest BCUT2D eigenvalue weighted by atomic mass is 9.93. The summed E-state index contributed by atoms with van der Waals surface area (Å²) in [5.41, 5.74) is 2.02. The topological polar surface area (TPSA) is 177 Å². The first-order valence-corrected chi connectivity index (χ1v) is 24.4. The maximum Gasteiger partial charge on any atom is 0.223 e. The molecule has 2 fully saturated rings. The van der Waals surface area contributed by atoms with E-state index >= 15 is 0 Å². The van der Waals surface area contributed by atoms with Crippen LogP contribution in [0.15, 0.2) is 42.6 Å². The van der Waals surface area contributed by atoms with E-state index in [1.165, 1.54) is 13.3 Å². The number of allylic oxidation sites excluding steroid dienone is 2. The minimum Gasteiger partial charge on any atom is -0.495 e. The van der Waals surface area contributed by atoms with Crippen LogP contribution in [0, 0.1) is 29.1 Å². The van der Waals surface area contributed by atoms with Crippen molar-refractivity contribution in [3.8, 4) is 23.3 Å². The molecule has 1 aliphatic heterocycles. The Kier molecular flexibility index (Phi) is 23.4. The predicted molar refractivity (Wildman–Crippen MR) is 260 cm³/mol. The van der Waals surface area contributed by atoms with Crippen LogP contribution in [0.5, 0.6) is 17.2 Å². The highest BCUT2D eigenvalue weighted by molar-refractivity contribution is 6.37. The number of rotatable bonds is 34. The van der Waals surface area contributed by atoms with Gasteiger partial charge in [-0.25, -0.2) is 0 Å². The van der Waals surface area contributed by atoms with Gasteiger partial charge in [-0.3, -0.25) is 14.7 Å². The molecule has 1 saturated carbocycles. The average molecular weight is 988 g/mol. The molecule has 1 saturated heterocycles. The number of carbonyl (C=O) groups excluding carboxylic acids is 1. The second kappa shape index (κ2) is 29.9. The SMILES string of the molecule is COc1cc(Nc2c(C#N)cnc3cc(OCCCN4CCN(CCOCCOCCOCCOCCOCCOCCOCCNC(=O)[C@H]5C[C@H]6C=C[C@@H]5C6)CC4)c(OC)cc23)c(Cl)cc1Cl. The summed E-state index contributed by atoms with van der Waals surface area (Å²) in [7, 11) is 3.11. The first-order valence-electron chi connectivity index (χ1n) is 23.7. The Labute approximate surface area is 410 Å². The third-order valence-corrected chi connectivity index (χ3v) is 12.7. The van der Waals surface area contributed by atoms with Crippen LogP contribution >= 0.6 is 23.2 Å². The molecule has 3 aliphatic rings. The first kappa shape index (κ1) is 53.3. The van der Waals surface area contributed by atoms with Crippen LogP contribution in [-0.4, -0.2) is 180 Å². The Bertz CT molecular complexity index is 2070. The Morgan fingerprint density at radius 2 is 1.28 bits per heavy atom. The summed E-state index contributed by atoms with van der Waals surface area (Å²) in [6, 6.07) is 9.12. The summed E-state index contributed by atoms with van der Waals surface area (Å²) in [5.74, 6) is 2.86. The van der Waals surface area contributed by atoms with Gasteiger partial charge in [0.1, 0.15) is 11.8 Å². The van der Waals surface area contributed by atoms with Crippen LogP contribution in [0.2, 0.25) is 10.0 Å². The van der Waals surface area contributed by atoms with Gasteiger partial charge >= 0.3 is 0 Å². The first-order chi connectivity index (χ1) is 33.4. The van der Waals surface area contributed by atoms with E-state index in [1.54, 1.807) is 19.2 Å². The fourth-order valence-electron chi connectivity index (χ4n) is 8.39. The standard InChI is InChI=1S/C49H68Cl2N6O11/c1-59-45-33-44(41(50)31-42(45)51)55-48-38(34-52)35-54-43-32-47(46(60-2)30-40(43)48)68-13-3-7-56-8-10-57(11-9-56)12-15-62-17-19-64-21-23-66-25-27-67-26-24-65-22-20-63-18-16-61-14-6-53-49(58)39-29-36-4-5-37(39)28-36/h4-5,30-33,35-37,39H,3,6-29H2,1-2H3,(H,53,58)(H,54,55)/t36-,37+,39-/m0/s1. The van der Waals surface area contributed by atoms with Gasteiger partial charge in [0, 0.05) is 75.4 Å². The third-order valence-electron chi connectivity index (χ3n) is 12.1. The number of ether oxygens (including phenoxy) is 10. The molecular weight excluding hydrogens is 919 g/mol. The normalized spacial score (nSPS) is 18.0. The van der Waals surface area contributed by atoms with Crippen molar-refractivity contribution in [1.29, 1.82) is 5.26 Å². The number of halogens is 2. The lowest BCUT2D eigenvalue weighted by molar-refractivity contribution is -0.126. The molecule has 0 radical (unpaired) electrons. The summed E-state index contributed by atoms with van der Waals surface area (Å²) in [5, 5.41) is 17.6. The number of nitrogens with one attached hydrogen (secondary N) is 2. The number of hydrogen-bond acceptors (Lipinski definition) is 16. The molecule has 0 unspecified atom stereocenters. The van der Waals surface area contributed by atoms with Crippen molar-refractivity contribution in [2.75, 3.05) is 164 Å². The quantitative estimate of drug-likeness (QED) is 0.0526. The molecule has 1 aromatic heterocycles. The maximum atomic E-state index is 12.3. The average Bonchev–Trinajstić information content (AvgIpc) is 4.00. The molecule has 68 heavy (non-hydrogen) atoms. The van der Waals surface area contributed by atoms with Gasteiger partial charge < -0.3 is 62.9 Å². The van der Waals surface area contributed by atoms with Gasteiger partial charge in [0.25, 0.3) is 0 Å². The van der Waals surface area contributed by atoms with Crippen molar-refractivity contribution in [2.24, 2.45) is 17.8 Å². The number of fused-ring (bicyclic) bond motifs is 3. The fraction of sp³-hybridized carbons (Fsp3) is 0.612. The van der Waals surface area contributed by atoms with E-state index in [0.29, 0.717) is 173 Å². The zero-order chi connectivity index (χ0) is 47.8. The van der Waals surface area contributed by atoms with Gasteiger partial charge in [0.05, 0.1) is 146 Å². The maximum absolute atomic E-state index is 12.3. The van der Waals surface area contributed by atoms with Crippen LogP contribution in [0.3, 0.4) is 0 Å². The van der Waals surface area contributed by atoms with E-state index in [-0.39, 0.29) is 11.8 Å². The molecular formula is C49H68Cl2N6O11. The minimum atomic E-state index is 0.136. The molecule has 0 spiro atoms. The number of piperazine rings is 1. The van der Waals surface area contributed by atoms with Crippen LogP contribution in [0.25, 0.3) is 10.9 Å². The Morgan fingerprint density at radius 1 is 0.691 bits per heavy atom. The van der Waals surface area contributed by atoms with E-state index in [4.69, 9.17) is 70.6 Å². The second-order valence-electron chi connectivity index (χ2n) is 16.6. The van der Waals surface area contributed by atoms with Gasteiger partial charge in [-0.05, 0) is 43.2 Å². The largest absolute Gasteiger partial charge is 0.495 e. The molecule has 6 rings (SSSR count). The highest BCUT2D eigenvalue weighted by Gasteiger charge is 2.39. The molecule has 19 heteroatoms. The summed E-state index contributed by atoms with van der Waals surface area (Å²) in [6.45, 7) is 14.0. The van der Waals surface area contributed by atoms with E-state index < -0.39 is 0 Å². The Morgan fingerprint density at radius 3 is 1.84 bits per heavy atom. The molecule has 2 heterocycles. The second-order valence-corrected chi connectivity index (χ2v) is 17.4. The van der Waals surface area contributed by atoms with Gasteiger partial charge in [0.2, 0.25) is 5.91 Å². The van der Waals surface area contributed by atoms with Crippen LogP contribution < -0.4 is 24.8 Å². The molecule has 2 N–H and O–H groups in total. The van der Waals surface area contributed by atoms with Crippen LogP contribution in [0.4, 0.5) is 11.4 Å².